The Morgan fingerprint density at radius 1 is 1.56 bits per heavy atom. The van der Waals surface area contributed by atoms with E-state index in [2.05, 4.69) is 17.3 Å². The maximum atomic E-state index is 6.11. The predicted octanol–water partition coefficient (Wildman–Crippen LogP) is 2.15. The summed E-state index contributed by atoms with van der Waals surface area (Å²) in [5, 5.41) is 8.17. The second-order valence-corrected chi connectivity index (χ2v) is 4.40. The number of aryl methyl sites for hydroxylation is 1. The van der Waals surface area contributed by atoms with Crippen LogP contribution in [0.2, 0.25) is 5.02 Å². The third-order valence-corrected chi connectivity index (χ3v) is 2.61. The van der Waals surface area contributed by atoms with Gasteiger partial charge in [0.25, 0.3) is 0 Å². The van der Waals surface area contributed by atoms with Crippen LogP contribution in [0, 0.1) is 0 Å². The summed E-state index contributed by atoms with van der Waals surface area (Å²) in [4.78, 5) is 0. The topological polar surface area (TPSA) is 39.1 Å². The minimum atomic E-state index is 0.0902. The number of hydrogen-bond donors (Lipinski definition) is 1. The minimum Gasteiger partial charge on any atom is -0.377 e. The van der Waals surface area contributed by atoms with Gasteiger partial charge in [-0.05, 0) is 20.4 Å². The molecule has 0 fully saturated rings. The molecule has 0 saturated carbocycles. The van der Waals surface area contributed by atoms with Crippen LogP contribution in [0.4, 0.5) is 0 Å². The van der Waals surface area contributed by atoms with E-state index in [9.17, 15) is 0 Å². The van der Waals surface area contributed by atoms with Crippen LogP contribution in [0.15, 0.2) is 6.20 Å². The van der Waals surface area contributed by atoms with Crippen molar-refractivity contribution >= 4 is 11.6 Å². The Kier molecular flexibility index (Phi) is 5.25. The molecular formula is C11H20ClN3O. The summed E-state index contributed by atoms with van der Waals surface area (Å²) in [7, 11) is 1.89. The van der Waals surface area contributed by atoms with Crippen molar-refractivity contribution in [3.63, 3.8) is 0 Å². The van der Waals surface area contributed by atoms with Crippen molar-refractivity contribution in [2.24, 2.45) is 7.05 Å². The zero-order valence-corrected chi connectivity index (χ0v) is 11.1. The molecule has 4 nitrogen and oxygen atoms in total. The molecule has 1 rings (SSSR count). The summed E-state index contributed by atoms with van der Waals surface area (Å²) in [5.41, 5.74) is 0.976. The number of halogens is 1. The Balaban J connectivity index is 2.76. The second-order valence-electron chi connectivity index (χ2n) is 3.99. The van der Waals surface area contributed by atoms with Crippen LogP contribution >= 0.6 is 11.6 Å². The number of ether oxygens (including phenoxy) is 1. The van der Waals surface area contributed by atoms with Gasteiger partial charge in [0.05, 0.1) is 35.7 Å². The molecule has 1 aromatic rings. The molecule has 1 N–H and O–H groups in total. The van der Waals surface area contributed by atoms with Gasteiger partial charge in [-0.15, -0.1) is 0 Å². The Morgan fingerprint density at radius 2 is 2.25 bits per heavy atom. The van der Waals surface area contributed by atoms with Crippen LogP contribution < -0.4 is 5.32 Å². The summed E-state index contributed by atoms with van der Waals surface area (Å²) in [6.07, 6.45) is 1.88. The largest absolute Gasteiger partial charge is 0.377 e. The lowest BCUT2D eigenvalue weighted by Gasteiger charge is -2.20. The number of nitrogens with one attached hydrogen (secondary N) is 1. The lowest BCUT2D eigenvalue weighted by Crippen LogP contribution is -2.28. The molecule has 0 bridgehead atoms. The number of nitrogens with zero attached hydrogens (tertiary/aromatic N) is 2. The highest BCUT2D eigenvalue weighted by molar-refractivity contribution is 6.31. The summed E-state index contributed by atoms with van der Waals surface area (Å²) >= 11 is 6.11. The molecule has 0 saturated heterocycles. The first kappa shape index (κ1) is 13.5. The van der Waals surface area contributed by atoms with E-state index in [0.717, 1.165) is 12.2 Å². The lowest BCUT2D eigenvalue weighted by atomic mass is 10.2. The molecule has 1 heterocycles. The molecule has 0 amide bonds. The number of likely N-dealkylation sites (N-methyl/N-ethyl adjacent to an activating group) is 1. The molecule has 1 unspecified atom stereocenters. The van der Waals surface area contributed by atoms with Crippen molar-refractivity contribution < 1.29 is 4.74 Å². The van der Waals surface area contributed by atoms with E-state index in [1.54, 1.807) is 10.9 Å². The van der Waals surface area contributed by atoms with Crippen LogP contribution in [-0.2, 0) is 11.8 Å². The van der Waals surface area contributed by atoms with Gasteiger partial charge in [-0.25, -0.2) is 0 Å². The Bertz CT molecular complexity index is 306. The maximum absolute atomic E-state index is 6.11. The highest BCUT2D eigenvalue weighted by Crippen LogP contribution is 2.22. The van der Waals surface area contributed by atoms with Crippen LogP contribution in [0.1, 0.15) is 32.5 Å². The van der Waals surface area contributed by atoms with Crippen LogP contribution in [0.25, 0.3) is 0 Å². The van der Waals surface area contributed by atoms with Gasteiger partial charge in [-0.2, -0.15) is 5.10 Å². The molecule has 0 aromatic carbocycles. The number of hydrogen-bond acceptors (Lipinski definition) is 3. The molecule has 0 spiro atoms. The summed E-state index contributed by atoms with van der Waals surface area (Å²) < 4.78 is 7.42. The quantitative estimate of drug-likeness (QED) is 0.835. The molecule has 92 valence electrons. The van der Waals surface area contributed by atoms with E-state index >= 15 is 0 Å². The fourth-order valence-electron chi connectivity index (χ4n) is 1.58. The molecule has 0 radical (unpaired) electrons. The average molecular weight is 246 g/mol. The van der Waals surface area contributed by atoms with E-state index < -0.39 is 0 Å². The normalized spacial score (nSPS) is 13.4. The van der Waals surface area contributed by atoms with Gasteiger partial charge in [0, 0.05) is 7.05 Å². The first-order chi connectivity index (χ1) is 7.56. The Labute approximate surface area is 102 Å². The minimum absolute atomic E-state index is 0.0902. The Morgan fingerprint density at radius 3 is 2.69 bits per heavy atom. The summed E-state index contributed by atoms with van der Waals surface area (Å²) in [6, 6.07) is 0.0902. The second kappa shape index (κ2) is 6.23. The molecule has 0 aliphatic carbocycles. The van der Waals surface area contributed by atoms with Gasteiger partial charge in [0.2, 0.25) is 0 Å². The third-order valence-electron chi connectivity index (χ3n) is 2.31. The predicted molar refractivity (Wildman–Crippen MR) is 65.7 cm³/mol. The molecule has 0 aliphatic rings. The van der Waals surface area contributed by atoms with E-state index in [-0.39, 0.29) is 12.1 Å². The highest BCUT2D eigenvalue weighted by atomic mass is 35.5. The SMILES string of the molecule is CCNC(COC(C)C)c1c(Cl)cnn1C. The van der Waals surface area contributed by atoms with Crippen molar-refractivity contribution in [3.05, 3.63) is 16.9 Å². The number of aromatic nitrogens is 2. The van der Waals surface area contributed by atoms with Crippen molar-refractivity contribution in [2.75, 3.05) is 13.2 Å². The monoisotopic (exact) mass is 245 g/mol. The van der Waals surface area contributed by atoms with Gasteiger partial charge < -0.3 is 10.1 Å². The maximum Gasteiger partial charge on any atom is 0.0834 e. The molecule has 16 heavy (non-hydrogen) atoms. The van der Waals surface area contributed by atoms with E-state index in [4.69, 9.17) is 16.3 Å². The Hall–Kier alpha value is -0.580. The summed E-state index contributed by atoms with van der Waals surface area (Å²) in [5.74, 6) is 0. The zero-order chi connectivity index (χ0) is 12.1. The van der Waals surface area contributed by atoms with Crippen LogP contribution in [0.5, 0.6) is 0 Å². The standard InChI is InChI=1S/C11H20ClN3O/c1-5-13-10(7-16-8(2)3)11-9(12)6-14-15(11)4/h6,8,10,13H,5,7H2,1-4H3. The van der Waals surface area contributed by atoms with Crippen molar-refractivity contribution in [1.82, 2.24) is 15.1 Å². The van der Waals surface area contributed by atoms with Gasteiger partial charge in [-0.1, -0.05) is 18.5 Å². The van der Waals surface area contributed by atoms with Crippen molar-refractivity contribution in [1.29, 1.82) is 0 Å². The third kappa shape index (κ3) is 3.47. The molecule has 1 atom stereocenters. The molecule has 1 aromatic heterocycles. The first-order valence-corrected chi connectivity index (χ1v) is 5.96. The van der Waals surface area contributed by atoms with Gasteiger partial charge in [-0.3, -0.25) is 4.68 Å². The van der Waals surface area contributed by atoms with Crippen LogP contribution in [0.3, 0.4) is 0 Å². The molecule has 5 heteroatoms. The van der Waals surface area contributed by atoms with Crippen molar-refractivity contribution in [3.8, 4) is 0 Å². The van der Waals surface area contributed by atoms with E-state index in [1.165, 1.54) is 0 Å². The summed E-state index contributed by atoms with van der Waals surface area (Å²) in [6.45, 7) is 7.58. The van der Waals surface area contributed by atoms with E-state index in [1.807, 2.05) is 20.9 Å². The van der Waals surface area contributed by atoms with Gasteiger partial charge in [0.15, 0.2) is 0 Å². The smallest absolute Gasteiger partial charge is 0.0834 e. The molecular weight excluding hydrogens is 226 g/mol. The first-order valence-electron chi connectivity index (χ1n) is 5.58. The van der Waals surface area contributed by atoms with Crippen LogP contribution in [-0.4, -0.2) is 29.0 Å². The fourth-order valence-corrected chi connectivity index (χ4v) is 1.88. The molecule has 0 aliphatic heterocycles. The fraction of sp³-hybridized carbons (Fsp3) is 0.727. The average Bonchev–Trinajstić information content (AvgIpc) is 2.54. The van der Waals surface area contributed by atoms with Gasteiger partial charge >= 0.3 is 0 Å². The highest BCUT2D eigenvalue weighted by Gasteiger charge is 2.18. The zero-order valence-electron chi connectivity index (χ0n) is 10.3. The van der Waals surface area contributed by atoms with Gasteiger partial charge in [0.1, 0.15) is 0 Å². The van der Waals surface area contributed by atoms with E-state index in [0.29, 0.717) is 11.6 Å². The van der Waals surface area contributed by atoms with Crippen molar-refractivity contribution in [2.45, 2.75) is 32.9 Å². The lowest BCUT2D eigenvalue weighted by molar-refractivity contribution is 0.0599. The number of rotatable bonds is 6.